The van der Waals surface area contributed by atoms with E-state index < -0.39 is 17.3 Å². The molecule has 1 aliphatic rings. The van der Waals surface area contributed by atoms with Crippen LogP contribution in [0.15, 0.2) is 41.5 Å². The number of nitrogens with one attached hydrogen (secondary N) is 2. The van der Waals surface area contributed by atoms with E-state index in [9.17, 15) is 22.8 Å². The predicted octanol–water partition coefficient (Wildman–Crippen LogP) is 3.97. The average molecular weight is 487 g/mol. The average Bonchev–Trinajstić information content (AvgIpc) is 3.65. The molecule has 1 amide bonds. The molecule has 35 heavy (non-hydrogen) atoms. The smallest absolute Gasteiger partial charge is 0.417 e. The lowest BCUT2D eigenvalue weighted by Crippen LogP contribution is -2.27. The molecule has 3 aromatic rings. The Hall–Kier alpha value is -3.76. The van der Waals surface area contributed by atoms with E-state index >= 15 is 0 Å². The summed E-state index contributed by atoms with van der Waals surface area (Å²) >= 11 is 0. The van der Waals surface area contributed by atoms with Gasteiger partial charge in [-0.1, -0.05) is 19.9 Å². The van der Waals surface area contributed by atoms with Crippen molar-refractivity contribution in [1.29, 1.82) is 0 Å². The molecule has 2 N–H and O–H groups in total. The second-order valence-corrected chi connectivity index (χ2v) is 8.74. The number of H-pyrrole nitrogens is 1. The SMILES string of the molecule is CC(C)C(=O)NCc1ccc(C(F)(F)F)c(-c2nc(-c3cnc(OCC4CC4)nc3)cc(=O)[nH]2)c1. The number of carbonyl (C=O) groups excluding carboxylic acids is 1. The number of alkyl halides is 3. The van der Waals surface area contributed by atoms with E-state index in [1.807, 2.05) is 0 Å². The number of hydrogen-bond acceptors (Lipinski definition) is 6. The number of benzene rings is 1. The minimum Gasteiger partial charge on any atom is -0.463 e. The fourth-order valence-electron chi connectivity index (χ4n) is 3.27. The molecule has 0 bridgehead atoms. The molecule has 1 fully saturated rings. The quantitative estimate of drug-likeness (QED) is 0.498. The first-order valence-corrected chi connectivity index (χ1v) is 11.1. The number of carbonyl (C=O) groups is 1. The van der Waals surface area contributed by atoms with Gasteiger partial charge in [-0.15, -0.1) is 0 Å². The number of amides is 1. The van der Waals surface area contributed by atoms with E-state index in [1.165, 1.54) is 24.5 Å². The Morgan fingerprint density at radius 3 is 2.54 bits per heavy atom. The van der Waals surface area contributed by atoms with Crippen LogP contribution in [0, 0.1) is 11.8 Å². The summed E-state index contributed by atoms with van der Waals surface area (Å²) in [6, 6.07) is 4.79. The fraction of sp³-hybridized carbons (Fsp3) is 0.375. The number of halogens is 3. The van der Waals surface area contributed by atoms with Gasteiger partial charge in [0.25, 0.3) is 5.56 Å². The number of hydrogen-bond donors (Lipinski definition) is 2. The van der Waals surface area contributed by atoms with E-state index in [0.29, 0.717) is 23.7 Å². The van der Waals surface area contributed by atoms with Crippen LogP contribution in [0.4, 0.5) is 13.2 Å². The van der Waals surface area contributed by atoms with Crippen LogP contribution in [0.2, 0.25) is 0 Å². The van der Waals surface area contributed by atoms with Gasteiger partial charge in [0.15, 0.2) is 0 Å². The van der Waals surface area contributed by atoms with Crippen molar-refractivity contribution in [3.63, 3.8) is 0 Å². The highest BCUT2D eigenvalue weighted by Crippen LogP contribution is 2.36. The Morgan fingerprint density at radius 1 is 1.20 bits per heavy atom. The van der Waals surface area contributed by atoms with Gasteiger partial charge in [0, 0.05) is 42.0 Å². The molecule has 0 spiro atoms. The molecule has 0 radical (unpaired) electrons. The first-order valence-electron chi connectivity index (χ1n) is 11.1. The van der Waals surface area contributed by atoms with Crippen LogP contribution in [0.25, 0.3) is 22.6 Å². The highest BCUT2D eigenvalue weighted by Gasteiger charge is 2.34. The monoisotopic (exact) mass is 487 g/mol. The summed E-state index contributed by atoms with van der Waals surface area (Å²) in [7, 11) is 0. The van der Waals surface area contributed by atoms with Crippen molar-refractivity contribution in [2.24, 2.45) is 11.8 Å². The van der Waals surface area contributed by atoms with Crippen molar-refractivity contribution in [1.82, 2.24) is 25.3 Å². The number of nitrogens with zero attached hydrogens (tertiary/aromatic N) is 3. The Bertz CT molecular complexity index is 1270. The minimum absolute atomic E-state index is 0.0300. The standard InChI is InChI=1S/C24H24F3N5O3/c1-13(2)22(34)28-9-15-5-6-18(24(25,26)27)17(7-15)21-31-19(8-20(33)32-21)16-10-29-23(30-11-16)35-12-14-3-4-14/h5-8,10-11,13-14H,3-4,9,12H2,1-2H3,(H,28,34)(H,31,32,33). The van der Waals surface area contributed by atoms with Crippen molar-refractivity contribution in [2.45, 2.75) is 39.4 Å². The third-order valence-electron chi connectivity index (χ3n) is 5.45. The van der Waals surface area contributed by atoms with E-state index in [1.54, 1.807) is 13.8 Å². The second kappa shape index (κ2) is 9.85. The molecule has 1 aromatic carbocycles. The van der Waals surface area contributed by atoms with Crippen molar-refractivity contribution in [3.05, 3.63) is 58.1 Å². The summed E-state index contributed by atoms with van der Waals surface area (Å²) in [5.74, 6) is -0.241. The first kappa shape index (κ1) is 24.4. The summed E-state index contributed by atoms with van der Waals surface area (Å²) in [6.45, 7) is 3.98. The Morgan fingerprint density at radius 2 is 1.91 bits per heavy atom. The molecule has 8 nitrogen and oxygen atoms in total. The third-order valence-corrected chi connectivity index (χ3v) is 5.45. The van der Waals surface area contributed by atoms with E-state index in [2.05, 4.69) is 25.3 Å². The summed E-state index contributed by atoms with van der Waals surface area (Å²) < 4.78 is 46.8. The lowest BCUT2D eigenvalue weighted by atomic mass is 10.0. The molecule has 11 heteroatoms. The number of aromatic nitrogens is 4. The minimum atomic E-state index is -4.69. The van der Waals surface area contributed by atoms with Gasteiger partial charge < -0.3 is 15.0 Å². The van der Waals surface area contributed by atoms with Crippen LogP contribution in [-0.4, -0.2) is 32.4 Å². The Labute approximate surface area is 199 Å². The lowest BCUT2D eigenvalue weighted by Gasteiger charge is -2.15. The van der Waals surface area contributed by atoms with E-state index in [4.69, 9.17) is 4.74 Å². The number of ether oxygens (including phenoxy) is 1. The largest absolute Gasteiger partial charge is 0.463 e. The molecule has 184 valence electrons. The van der Waals surface area contributed by atoms with Gasteiger partial charge in [0.2, 0.25) is 5.91 Å². The molecule has 2 heterocycles. The van der Waals surface area contributed by atoms with Gasteiger partial charge in [-0.3, -0.25) is 9.59 Å². The van der Waals surface area contributed by atoms with Gasteiger partial charge in [0.1, 0.15) is 5.82 Å². The maximum atomic E-state index is 13.8. The van der Waals surface area contributed by atoms with Crippen molar-refractivity contribution in [3.8, 4) is 28.7 Å². The summed E-state index contributed by atoms with van der Waals surface area (Å²) in [5, 5.41) is 2.67. The topological polar surface area (TPSA) is 110 Å². The van der Waals surface area contributed by atoms with Gasteiger partial charge in [0.05, 0.1) is 17.9 Å². The molecular weight excluding hydrogens is 463 g/mol. The Balaban J connectivity index is 1.67. The van der Waals surface area contributed by atoms with Crippen molar-refractivity contribution in [2.75, 3.05) is 6.61 Å². The van der Waals surface area contributed by atoms with Crippen molar-refractivity contribution >= 4 is 5.91 Å². The highest BCUT2D eigenvalue weighted by atomic mass is 19.4. The van der Waals surface area contributed by atoms with Crippen molar-refractivity contribution < 1.29 is 22.7 Å². The lowest BCUT2D eigenvalue weighted by molar-refractivity contribution is -0.137. The number of rotatable bonds is 8. The van der Waals surface area contributed by atoms with Gasteiger partial charge in [-0.2, -0.15) is 13.2 Å². The summed E-state index contributed by atoms with van der Waals surface area (Å²) in [5.41, 5.74) is -1.01. The zero-order chi connectivity index (χ0) is 25.2. The second-order valence-electron chi connectivity index (χ2n) is 8.74. The first-order chi connectivity index (χ1) is 16.6. The van der Waals surface area contributed by atoms with Gasteiger partial charge in [-0.05, 0) is 36.5 Å². The summed E-state index contributed by atoms with van der Waals surface area (Å²) in [6.07, 6.45) is 0.353. The predicted molar refractivity (Wildman–Crippen MR) is 121 cm³/mol. The molecular formula is C24H24F3N5O3. The van der Waals surface area contributed by atoms with E-state index in [0.717, 1.165) is 25.0 Å². The third kappa shape index (κ3) is 6.23. The van der Waals surface area contributed by atoms with Gasteiger partial charge >= 0.3 is 12.2 Å². The zero-order valence-corrected chi connectivity index (χ0v) is 19.1. The van der Waals surface area contributed by atoms with Gasteiger partial charge in [-0.25, -0.2) is 15.0 Å². The van der Waals surface area contributed by atoms with Crippen LogP contribution in [0.5, 0.6) is 6.01 Å². The van der Waals surface area contributed by atoms with Crippen LogP contribution in [-0.2, 0) is 17.5 Å². The Kier molecular flexibility index (Phi) is 6.86. The van der Waals surface area contributed by atoms with Crippen LogP contribution in [0.1, 0.15) is 37.8 Å². The highest BCUT2D eigenvalue weighted by molar-refractivity contribution is 5.78. The van der Waals surface area contributed by atoms with Crippen LogP contribution < -0.4 is 15.6 Å². The molecule has 0 saturated heterocycles. The van der Waals surface area contributed by atoms with Crippen LogP contribution >= 0.6 is 0 Å². The molecule has 1 aliphatic carbocycles. The van der Waals surface area contributed by atoms with E-state index in [-0.39, 0.29) is 41.5 Å². The molecule has 0 aliphatic heterocycles. The molecule has 2 aromatic heterocycles. The fourth-order valence-corrected chi connectivity index (χ4v) is 3.27. The molecule has 1 saturated carbocycles. The molecule has 0 atom stereocenters. The molecule has 4 rings (SSSR count). The van der Waals surface area contributed by atoms with Crippen LogP contribution in [0.3, 0.4) is 0 Å². The normalized spacial score (nSPS) is 13.7. The maximum absolute atomic E-state index is 13.8. The number of aromatic amines is 1. The zero-order valence-electron chi connectivity index (χ0n) is 19.1. The summed E-state index contributed by atoms with van der Waals surface area (Å²) in [4.78, 5) is 39.1. The maximum Gasteiger partial charge on any atom is 0.417 e. The molecule has 0 unspecified atom stereocenters.